The fourth-order valence-electron chi connectivity index (χ4n) is 2.85. The first-order valence-electron chi connectivity index (χ1n) is 7.42. The quantitative estimate of drug-likeness (QED) is 0.892. The normalized spacial score (nSPS) is 18.4. The van der Waals surface area contributed by atoms with E-state index in [1.807, 2.05) is 18.3 Å². The van der Waals surface area contributed by atoms with Gasteiger partial charge in [-0.05, 0) is 43.5 Å². The molecule has 0 amide bonds. The molecule has 0 radical (unpaired) electrons. The molecule has 4 nitrogen and oxygen atoms in total. The summed E-state index contributed by atoms with van der Waals surface area (Å²) in [6.07, 6.45) is 3.14. The smallest absolute Gasteiger partial charge is 0.0535 e. The molecule has 0 bridgehead atoms. The predicted molar refractivity (Wildman–Crippen MR) is 86.8 cm³/mol. The molecule has 0 spiro atoms. The van der Waals surface area contributed by atoms with Gasteiger partial charge in [0.15, 0.2) is 0 Å². The number of H-pyrrole nitrogens is 1. The molecule has 1 atom stereocenters. The summed E-state index contributed by atoms with van der Waals surface area (Å²) in [5, 5.41) is 11.4. The second-order valence-electron chi connectivity index (χ2n) is 5.73. The Labute approximate surface area is 130 Å². The van der Waals surface area contributed by atoms with E-state index in [-0.39, 0.29) is 0 Å². The Hall–Kier alpha value is -1.52. The summed E-state index contributed by atoms with van der Waals surface area (Å²) < 4.78 is 0. The van der Waals surface area contributed by atoms with Crippen LogP contribution in [0.5, 0.6) is 0 Å². The maximum absolute atomic E-state index is 5.94. The molecule has 2 N–H and O–H groups in total. The van der Waals surface area contributed by atoms with Crippen molar-refractivity contribution in [2.45, 2.75) is 19.9 Å². The largest absolute Gasteiger partial charge is 0.371 e. The first-order valence-corrected chi connectivity index (χ1v) is 7.80. The van der Waals surface area contributed by atoms with E-state index in [0.29, 0.717) is 5.92 Å². The van der Waals surface area contributed by atoms with Crippen LogP contribution in [0.25, 0.3) is 0 Å². The molecule has 3 rings (SSSR count). The lowest BCUT2D eigenvalue weighted by Crippen LogP contribution is -2.26. The van der Waals surface area contributed by atoms with Crippen molar-refractivity contribution in [1.82, 2.24) is 15.5 Å². The van der Waals surface area contributed by atoms with Gasteiger partial charge in [0.05, 0.1) is 6.20 Å². The Morgan fingerprint density at radius 1 is 1.38 bits per heavy atom. The maximum Gasteiger partial charge on any atom is 0.0535 e. The van der Waals surface area contributed by atoms with E-state index in [1.54, 1.807) is 0 Å². The van der Waals surface area contributed by atoms with Crippen LogP contribution in [0.3, 0.4) is 0 Å². The van der Waals surface area contributed by atoms with E-state index in [4.69, 9.17) is 11.6 Å². The van der Waals surface area contributed by atoms with Crippen LogP contribution in [0.15, 0.2) is 30.5 Å². The van der Waals surface area contributed by atoms with E-state index in [2.05, 4.69) is 39.5 Å². The number of halogens is 1. The van der Waals surface area contributed by atoms with Crippen LogP contribution < -0.4 is 10.2 Å². The fourth-order valence-corrected chi connectivity index (χ4v) is 2.98. The van der Waals surface area contributed by atoms with Gasteiger partial charge in [0.1, 0.15) is 0 Å². The monoisotopic (exact) mass is 304 g/mol. The number of rotatable bonds is 5. The Morgan fingerprint density at radius 2 is 2.19 bits per heavy atom. The fraction of sp³-hybridized carbons (Fsp3) is 0.438. The molecule has 2 heterocycles. The first-order chi connectivity index (χ1) is 10.2. The molecule has 2 aromatic rings. The summed E-state index contributed by atoms with van der Waals surface area (Å²) in [5.41, 5.74) is 3.67. The summed E-state index contributed by atoms with van der Waals surface area (Å²) >= 11 is 5.94. The van der Waals surface area contributed by atoms with E-state index >= 15 is 0 Å². The number of nitrogens with zero attached hydrogens (tertiary/aromatic N) is 2. The third kappa shape index (κ3) is 3.57. The van der Waals surface area contributed by atoms with Crippen molar-refractivity contribution in [2.24, 2.45) is 5.92 Å². The summed E-state index contributed by atoms with van der Waals surface area (Å²) in [7, 11) is 0. The Balaban J connectivity index is 1.46. The highest BCUT2D eigenvalue weighted by molar-refractivity contribution is 6.30. The Kier molecular flexibility index (Phi) is 4.46. The Morgan fingerprint density at radius 3 is 2.90 bits per heavy atom. The molecule has 1 aromatic carbocycles. The van der Waals surface area contributed by atoms with E-state index in [9.17, 15) is 0 Å². The first kappa shape index (κ1) is 14.4. The molecule has 112 valence electrons. The van der Waals surface area contributed by atoms with Gasteiger partial charge in [-0.2, -0.15) is 5.10 Å². The third-order valence-corrected chi connectivity index (χ3v) is 4.41. The van der Waals surface area contributed by atoms with Gasteiger partial charge in [-0.25, -0.2) is 0 Å². The van der Waals surface area contributed by atoms with Crippen LogP contribution in [0.4, 0.5) is 5.69 Å². The second kappa shape index (κ2) is 6.50. The van der Waals surface area contributed by atoms with Gasteiger partial charge in [0, 0.05) is 48.1 Å². The molecule has 0 saturated carbocycles. The zero-order valence-electron chi connectivity index (χ0n) is 12.3. The van der Waals surface area contributed by atoms with Gasteiger partial charge in [0.2, 0.25) is 0 Å². The van der Waals surface area contributed by atoms with Gasteiger partial charge in [-0.3, -0.25) is 5.10 Å². The van der Waals surface area contributed by atoms with Crippen LogP contribution in [0, 0.1) is 12.8 Å². The minimum absolute atomic E-state index is 0.702. The Bertz CT molecular complexity index is 578. The maximum atomic E-state index is 5.94. The molecule has 1 saturated heterocycles. The lowest BCUT2D eigenvalue weighted by molar-refractivity contribution is 0.516. The minimum atomic E-state index is 0.702. The minimum Gasteiger partial charge on any atom is -0.371 e. The van der Waals surface area contributed by atoms with Crippen molar-refractivity contribution in [2.75, 3.05) is 24.5 Å². The lowest BCUT2D eigenvalue weighted by Gasteiger charge is -2.19. The number of aromatic nitrogens is 2. The van der Waals surface area contributed by atoms with Gasteiger partial charge in [-0.15, -0.1) is 0 Å². The van der Waals surface area contributed by atoms with E-state index in [1.165, 1.54) is 17.7 Å². The second-order valence-corrected chi connectivity index (χ2v) is 6.16. The number of nitrogens with one attached hydrogen (secondary N) is 2. The molecule has 1 fully saturated rings. The average molecular weight is 305 g/mol. The number of benzene rings is 1. The van der Waals surface area contributed by atoms with Crippen LogP contribution in [-0.2, 0) is 6.54 Å². The summed E-state index contributed by atoms with van der Waals surface area (Å²) in [6, 6.07) is 8.13. The van der Waals surface area contributed by atoms with E-state index in [0.717, 1.165) is 36.9 Å². The van der Waals surface area contributed by atoms with Crippen molar-refractivity contribution in [3.63, 3.8) is 0 Å². The third-order valence-electron chi connectivity index (χ3n) is 4.16. The average Bonchev–Trinajstić information content (AvgIpc) is 3.10. The molecule has 1 aliphatic rings. The molecule has 1 aromatic heterocycles. The van der Waals surface area contributed by atoms with Crippen molar-refractivity contribution < 1.29 is 0 Å². The number of hydrogen-bond donors (Lipinski definition) is 2. The highest BCUT2D eigenvalue weighted by Gasteiger charge is 2.22. The van der Waals surface area contributed by atoms with Gasteiger partial charge < -0.3 is 10.2 Å². The van der Waals surface area contributed by atoms with Gasteiger partial charge in [0.25, 0.3) is 0 Å². The molecule has 5 heteroatoms. The standard InChI is InChI=1S/C16H21ClN4/c1-12-14(10-19-20-12)9-18-8-13-6-7-21(11-13)16-4-2-15(17)3-5-16/h2-5,10,13,18H,6-9,11H2,1H3,(H,19,20). The topological polar surface area (TPSA) is 44.0 Å². The summed E-state index contributed by atoms with van der Waals surface area (Å²) in [4.78, 5) is 2.44. The zero-order valence-corrected chi connectivity index (χ0v) is 13.0. The van der Waals surface area contributed by atoms with Crippen molar-refractivity contribution in [1.29, 1.82) is 0 Å². The lowest BCUT2D eigenvalue weighted by atomic mass is 10.1. The van der Waals surface area contributed by atoms with Crippen molar-refractivity contribution >= 4 is 17.3 Å². The number of aromatic amines is 1. The number of hydrogen-bond acceptors (Lipinski definition) is 3. The zero-order chi connectivity index (χ0) is 14.7. The molecular weight excluding hydrogens is 284 g/mol. The molecular formula is C16H21ClN4. The molecule has 0 aliphatic carbocycles. The highest BCUT2D eigenvalue weighted by Crippen LogP contribution is 2.24. The van der Waals surface area contributed by atoms with E-state index < -0.39 is 0 Å². The van der Waals surface area contributed by atoms with Crippen LogP contribution in [0.2, 0.25) is 5.02 Å². The predicted octanol–water partition coefficient (Wildman–Crippen LogP) is 2.99. The van der Waals surface area contributed by atoms with Crippen LogP contribution >= 0.6 is 11.6 Å². The SMILES string of the molecule is Cc1[nH]ncc1CNCC1CCN(c2ccc(Cl)cc2)C1. The van der Waals surface area contributed by atoms with Gasteiger partial charge >= 0.3 is 0 Å². The number of anilines is 1. The highest BCUT2D eigenvalue weighted by atomic mass is 35.5. The van der Waals surface area contributed by atoms with Crippen molar-refractivity contribution in [3.8, 4) is 0 Å². The van der Waals surface area contributed by atoms with Crippen LogP contribution in [-0.4, -0.2) is 29.8 Å². The molecule has 1 aliphatic heterocycles. The molecule has 21 heavy (non-hydrogen) atoms. The summed E-state index contributed by atoms with van der Waals surface area (Å²) in [6.45, 7) is 6.23. The number of aryl methyl sites for hydroxylation is 1. The van der Waals surface area contributed by atoms with Crippen molar-refractivity contribution in [3.05, 3.63) is 46.7 Å². The van der Waals surface area contributed by atoms with Crippen LogP contribution in [0.1, 0.15) is 17.7 Å². The summed E-state index contributed by atoms with van der Waals surface area (Å²) in [5.74, 6) is 0.702. The van der Waals surface area contributed by atoms with Gasteiger partial charge in [-0.1, -0.05) is 11.6 Å². The molecule has 1 unspecified atom stereocenters.